The fourth-order valence-electron chi connectivity index (χ4n) is 14.4. The van der Waals surface area contributed by atoms with E-state index in [1.807, 2.05) is 42.7 Å². The molecule has 4 atom stereocenters. The minimum atomic E-state index is -4.72. The molecule has 3 N–H and O–H groups in total. The Kier molecular flexibility index (Phi) is 14.0. The van der Waals surface area contributed by atoms with Crippen molar-refractivity contribution in [2.45, 2.75) is 113 Å². The number of para-hydroxylation sites is 1. The lowest BCUT2D eigenvalue weighted by Gasteiger charge is -2.58. The maximum atomic E-state index is 15.0. The van der Waals surface area contributed by atoms with Gasteiger partial charge >= 0.3 is 0 Å². The Morgan fingerprint density at radius 3 is 2.55 bits per heavy atom. The molecule has 7 aliphatic heterocycles. The molecule has 1 amide bonds. The summed E-state index contributed by atoms with van der Waals surface area (Å²) in [7, 11) is -4.72. The number of nitrogens with zero attached hydrogens (tertiary/aromatic N) is 7. The lowest BCUT2D eigenvalue weighted by atomic mass is 9.59. The molecule has 14 rings (SSSR count). The predicted molar refractivity (Wildman–Crippen MR) is 311 cm³/mol. The van der Waals surface area contributed by atoms with Gasteiger partial charge in [-0.25, -0.2) is 18.1 Å². The molecule has 5 fully saturated rings. The Morgan fingerprint density at radius 1 is 0.892 bits per heavy atom. The average molecular weight is 1150 g/mol. The number of nitrogens with one attached hydrogen (secondary N) is 3. The number of H-pyrrole nitrogens is 1. The number of sulfonamides is 1. The predicted octanol–water partition coefficient (Wildman–Crippen LogP) is 8.70. The van der Waals surface area contributed by atoms with Gasteiger partial charge in [0.05, 0.1) is 58.5 Å². The number of rotatable bonds is 12. The van der Waals surface area contributed by atoms with Gasteiger partial charge in [0.2, 0.25) is 5.88 Å². The molecule has 0 bridgehead atoms. The second-order valence-corrected chi connectivity index (χ2v) is 25.6. The normalized spacial score (nSPS) is 23.6. The molecule has 4 saturated heterocycles. The number of aromatic nitrogens is 3. The van der Waals surface area contributed by atoms with E-state index in [0.717, 1.165) is 125 Å². The fraction of sp³-hybridized carbons (Fsp3) is 0.492. The third-order valence-electron chi connectivity index (χ3n) is 18.6. The molecule has 1 spiro atoms. The van der Waals surface area contributed by atoms with Crippen LogP contribution in [0.25, 0.3) is 11.0 Å². The number of anilines is 5. The first kappa shape index (κ1) is 53.6. The van der Waals surface area contributed by atoms with Gasteiger partial charge in [0, 0.05) is 105 Å². The van der Waals surface area contributed by atoms with E-state index < -0.39 is 37.5 Å². The summed E-state index contributed by atoms with van der Waals surface area (Å²) >= 11 is 0. The van der Waals surface area contributed by atoms with E-state index in [-0.39, 0.29) is 65.8 Å². The summed E-state index contributed by atoms with van der Waals surface area (Å²) < 4.78 is 68.0. The van der Waals surface area contributed by atoms with E-state index in [0.29, 0.717) is 55.2 Å². The number of benzene rings is 3. The fourth-order valence-corrected chi connectivity index (χ4v) is 15.4. The van der Waals surface area contributed by atoms with E-state index in [1.165, 1.54) is 17.2 Å². The first-order chi connectivity index (χ1) is 40.3. The van der Waals surface area contributed by atoms with Crippen LogP contribution < -0.4 is 43.7 Å². The highest BCUT2D eigenvalue weighted by atomic mass is 32.2. The third kappa shape index (κ3) is 10.1. The van der Waals surface area contributed by atoms with E-state index in [1.54, 1.807) is 6.07 Å². The van der Waals surface area contributed by atoms with Crippen molar-refractivity contribution < 1.29 is 46.6 Å². The summed E-state index contributed by atoms with van der Waals surface area (Å²) in [4.78, 5) is 49.2. The van der Waals surface area contributed by atoms with Crippen LogP contribution in [0.5, 0.6) is 23.1 Å². The Morgan fingerprint density at radius 2 is 1.72 bits per heavy atom. The Hall–Kier alpha value is -7.40. The Labute approximate surface area is 482 Å². The molecular weight excluding hydrogens is 1080 g/mol. The molecule has 436 valence electrons. The molecule has 6 aromatic rings. The molecule has 0 unspecified atom stereocenters. The highest BCUT2D eigenvalue weighted by molar-refractivity contribution is 7.90. The van der Waals surface area contributed by atoms with Crippen LogP contribution in [-0.2, 0) is 25.9 Å². The Balaban J connectivity index is 0.743. The number of hydrogen-bond acceptors (Lipinski definition) is 18. The molecular formula is C61H70N10O11S. The number of carbonyl (C=O) groups is 1. The van der Waals surface area contributed by atoms with Crippen LogP contribution in [0.4, 0.5) is 34.3 Å². The minimum absolute atomic E-state index is 0.0238. The molecule has 8 aliphatic rings. The number of fused-ring (bicyclic) bond motifs is 5. The molecule has 21 nitrogen and oxygen atoms in total. The zero-order valence-corrected chi connectivity index (χ0v) is 47.6. The van der Waals surface area contributed by atoms with Crippen molar-refractivity contribution in [3.05, 3.63) is 112 Å². The molecule has 1 aliphatic carbocycles. The summed E-state index contributed by atoms with van der Waals surface area (Å²) in [5.74, 6) is 2.54. The van der Waals surface area contributed by atoms with Crippen LogP contribution in [0.3, 0.4) is 0 Å². The van der Waals surface area contributed by atoms with E-state index >= 15 is 0 Å². The van der Waals surface area contributed by atoms with E-state index in [9.17, 15) is 23.3 Å². The second-order valence-electron chi connectivity index (χ2n) is 23.9. The number of piperazine rings is 1. The number of amides is 1. The molecule has 83 heavy (non-hydrogen) atoms. The first-order valence-corrected chi connectivity index (χ1v) is 31.0. The molecule has 3 aromatic carbocycles. The first-order valence-electron chi connectivity index (χ1n) is 29.5. The van der Waals surface area contributed by atoms with Crippen LogP contribution in [0.1, 0.15) is 92.7 Å². The standard InChI is InChI=1S/C61H70N10O11S/c1-37(2)81-53-8-4-3-6-43(53)51-34-68(58-45-7-5-24-79-52(45)12-19-63-58)22-23-69(51)41-32-61(33-41)16-20-67(21-17-61)40-9-10-44(48(29-40)70-47-15-27-78-36-55(47)82-60-50(70)28-39-11-18-62-57(39)65-60)59(72)66-83(75,76)42-30-49(71(73)74)56-54(31-42)80-35-46(64-56)38-13-25-77-26-14-38/h3-4,6,8-12,18-19,28-31,37-38,41,46-47,51,55,64H,5,7,13-17,20-27,32-36H2,1-2H3,(H,62,65)(H,66,72)/t46-,47-,51-,55-/m0/s1. The van der Waals surface area contributed by atoms with Crippen molar-refractivity contribution in [2.24, 2.45) is 11.3 Å². The number of aromatic amines is 1. The van der Waals surface area contributed by atoms with Crippen molar-refractivity contribution >= 4 is 61.2 Å². The second kappa shape index (κ2) is 21.7. The lowest BCUT2D eigenvalue weighted by molar-refractivity contribution is -0.384. The van der Waals surface area contributed by atoms with Gasteiger partial charge in [-0.05, 0) is 125 Å². The topological polar surface area (TPSA) is 228 Å². The van der Waals surface area contributed by atoms with E-state index in [4.69, 9.17) is 38.4 Å². The highest BCUT2D eigenvalue weighted by Crippen LogP contribution is 2.55. The monoisotopic (exact) mass is 1150 g/mol. The molecule has 1 saturated carbocycles. The zero-order chi connectivity index (χ0) is 56.6. The van der Waals surface area contributed by atoms with E-state index in [2.05, 4.69) is 72.7 Å². The lowest BCUT2D eigenvalue weighted by Crippen LogP contribution is -2.60. The van der Waals surface area contributed by atoms with Crippen molar-refractivity contribution in [2.75, 3.05) is 92.4 Å². The summed E-state index contributed by atoms with van der Waals surface area (Å²) in [5.41, 5.74) is 4.94. The molecule has 22 heteroatoms. The van der Waals surface area contributed by atoms with Crippen LogP contribution in [0.2, 0.25) is 0 Å². The van der Waals surface area contributed by atoms with Crippen molar-refractivity contribution in [1.82, 2.24) is 24.6 Å². The third-order valence-corrected chi connectivity index (χ3v) is 19.9. The summed E-state index contributed by atoms with van der Waals surface area (Å²) in [5, 5.41) is 16.7. The van der Waals surface area contributed by atoms with Crippen LogP contribution in [-0.4, -0.2) is 142 Å². The van der Waals surface area contributed by atoms with Crippen LogP contribution >= 0.6 is 0 Å². The minimum Gasteiger partial charge on any atom is -0.493 e. The van der Waals surface area contributed by atoms with Crippen LogP contribution in [0.15, 0.2) is 90.1 Å². The number of pyridine rings is 2. The number of piperidine rings is 1. The maximum absolute atomic E-state index is 15.0. The van der Waals surface area contributed by atoms with Gasteiger partial charge in [0.15, 0.2) is 11.4 Å². The van der Waals surface area contributed by atoms with Gasteiger partial charge in [-0.2, -0.15) is 4.98 Å². The van der Waals surface area contributed by atoms with Gasteiger partial charge in [-0.15, -0.1) is 0 Å². The summed E-state index contributed by atoms with van der Waals surface area (Å²) in [6.45, 7) is 11.1. The smallest absolute Gasteiger partial charge is 0.297 e. The number of ether oxygens (including phenoxy) is 6. The summed E-state index contributed by atoms with van der Waals surface area (Å²) in [6, 6.07) is 22.2. The summed E-state index contributed by atoms with van der Waals surface area (Å²) in [6.07, 6.45) is 11.4. The molecule has 3 aromatic heterocycles. The number of nitro groups is 1. The average Bonchev–Trinajstić information content (AvgIpc) is 4.22. The quantitative estimate of drug-likeness (QED) is 0.0769. The van der Waals surface area contributed by atoms with Crippen LogP contribution in [0, 0.1) is 21.4 Å². The number of nitro benzene ring substituents is 1. The Bertz CT molecular complexity index is 3580. The van der Waals surface area contributed by atoms with Gasteiger partial charge in [-0.1, -0.05) is 18.2 Å². The van der Waals surface area contributed by atoms with Gasteiger partial charge in [-0.3, -0.25) is 19.8 Å². The van der Waals surface area contributed by atoms with Crippen molar-refractivity contribution in [3.8, 4) is 23.1 Å². The van der Waals surface area contributed by atoms with Crippen molar-refractivity contribution in [1.29, 1.82) is 0 Å². The highest BCUT2D eigenvalue weighted by Gasteiger charge is 2.51. The zero-order valence-electron chi connectivity index (χ0n) is 46.8. The molecule has 10 heterocycles. The largest absolute Gasteiger partial charge is 0.493 e. The van der Waals surface area contributed by atoms with Crippen molar-refractivity contribution in [3.63, 3.8) is 0 Å². The van der Waals surface area contributed by atoms with Gasteiger partial charge < -0.3 is 53.4 Å². The number of hydrogen-bond donors (Lipinski definition) is 3. The SMILES string of the molecule is CC(C)Oc1ccccc1[C@@H]1CN(c2nccc3c2CCCO3)CCN1C1CC2(CCN(c3ccc(C(=O)NS(=O)(=O)c4cc5c(c([N+](=O)[O-])c4)N[C@H](C4CCOCC4)CO5)c(N4c5cc6cc[nH]c6nc5O[C@H]5COCC[C@@H]54)c3)CC2)C1. The number of carbonyl (C=O) groups excluding carboxylic acids is 1. The van der Waals surface area contributed by atoms with Gasteiger partial charge in [0.25, 0.3) is 21.6 Å². The van der Waals surface area contributed by atoms with Gasteiger partial charge in [0.1, 0.15) is 41.4 Å². The maximum Gasteiger partial charge on any atom is 0.297 e. The molecule has 0 radical (unpaired) electrons.